The van der Waals surface area contributed by atoms with Crippen LogP contribution in [0.3, 0.4) is 0 Å². The van der Waals surface area contributed by atoms with Crippen molar-refractivity contribution in [3.8, 4) is 5.75 Å². The lowest BCUT2D eigenvalue weighted by molar-refractivity contribution is -0.953. The number of hydrogen-bond donors (Lipinski definition) is 0. The molecule has 47 heavy (non-hydrogen) atoms. The number of anilines is 1. The van der Waals surface area contributed by atoms with E-state index in [2.05, 4.69) is 78.2 Å². The standard InChI is InChI=1S/C40H56N3O3S/c1-5-7-19-40(20-8-6-2)28-38(37-27-35(41(3)4)15-18-39(37)47(44,45)31-40)34-13-16-36(17-14-34)46-30-33-11-9-32(10-12-33)29-43-24-21-42(22-25-43)23-26-43/h9-18,27,38H,5-8,19-26,28-31H2,1-4H3/q+1/t38-/m1/s1. The lowest BCUT2D eigenvalue weighted by Crippen LogP contribution is -2.66. The predicted octanol–water partition coefficient (Wildman–Crippen LogP) is 7.65. The lowest BCUT2D eigenvalue weighted by atomic mass is 9.70. The Morgan fingerprint density at radius 3 is 2.06 bits per heavy atom. The fourth-order valence-electron chi connectivity index (χ4n) is 8.39. The molecule has 7 heteroatoms. The summed E-state index contributed by atoms with van der Waals surface area (Å²) in [4.78, 5) is 5.18. The third kappa shape index (κ3) is 7.73. The van der Waals surface area contributed by atoms with Crippen LogP contribution in [0.5, 0.6) is 5.75 Å². The highest BCUT2D eigenvalue weighted by Crippen LogP contribution is 2.50. The first-order chi connectivity index (χ1) is 22.6. The second kappa shape index (κ2) is 14.3. The summed E-state index contributed by atoms with van der Waals surface area (Å²) in [6, 6.07) is 23.5. The molecule has 1 atom stereocenters. The summed E-state index contributed by atoms with van der Waals surface area (Å²) in [5.74, 6) is 1.09. The molecule has 0 saturated carbocycles. The molecule has 2 bridgehead atoms. The zero-order chi connectivity index (χ0) is 33.1. The van der Waals surface area contributed by atoms with E-state index in [-0.39, 0.29) is 17.1 Å². The highest BCUT2D eigenvalue weighted by Gasteiger charge is 2.43. The Bertz CT molecular complexity index is 1570. The number of hydrogen-bond acceptors (Lipinski definition) is 5. The average molecular weight is 659 g/mol. The van der Waals surface area contributed by atoms with Gasteiger partial charge < -0.3 is 14.1 Å². The normalized spacial score (nSPS) is 24.3. The number of quaternary nitrogens is 1. The van der Waals surface area contributed by atoms with Crippen molar-refractivity contribution in [1.82, 2.24) is 4.90 Å². The number of fused-ring (bicyclic) bond motifs is 4. The quantitative estimate of drug-likeness (QED) is 0.177. The Labute approximate surface area is 284 Å². The third-order valence-corrected chi connectivity index (χ3v) is 13.4. The number of sulfone groups is 1. The molecule has 0 amide bonds. The first-order valence-corrected chi connectivity index (χ1v) is 19.7. The van der Waals surface area contributed by atoms with Crippen molar-refractivity contribution in [3.05, 3.63) is 89.0 Å². The summed E-state index contributed by atoms with van der Waals surface area (Å²) in [6.45, 7) is 13.6. The van der Waals surface area contributed by atoms with Crippen LogP contribution in [0.2, 0.25) is 0 Å². The molecule has 3 fully saturated rings. The monoisotopic (exact) mass is 658 g/mol. The van der Waals surface area contributed by atoms with Crippen LogP contribution in [-0.4, -0.2) is 76.9 Å². The summed E-state index contributed by atoms with van der Waals surface area (Å²) >= 11 is 0. The van der Waals surface area contributed by atoms with Gasteiger partial charge in [0.05, 0.1) is 30.3 Å². The van der Waals surface area contributed by atoms with Crippen LogP contribution in [0.1, 0.15) is 87.0 Å². The SMILES string of the molecule is CCCCC1(CCCC)C[C@H](c2ccc(OCc3ccc(C[N+]45CCN(CC4)CC5)cc3)cc2)c2cc(N(C)C)ccc2S(=O)(=O)C1. The van der Waals surface area contributed by atoms with Crippen LogP contribution in [0.15, 0.2) is 71.6 Å². The van der Waals surface area contributed by atoms with E-state index in [1.54, 1.807) is 0 Å². The Hall–Kier alpha value is -2.87. The summed E-state index contributed by atoms with van der Waals surface area (Å²) in [6.07, 6.45) is 7.00. The topological polar surface area (TPSA) is 49.9 Å². The zero-order valence-electron chi connectivity index (χ0n) is 29.2. The Balaban J connectivity index is 1.21. The second-order valence-electron chi connectivity index (χ2n) is 15.0. The molecule has 4 aliphatic rings. The number of rotatable bonds is 13. The van der Waals surface area contributed by atoms with E-state index in [4.69, 9.17) is 4.74 Å². The van der Waals surface area contributed by atoms with Crippen molar-refractivity contribution < 1.29 is 17.6 Å². The molecule has 3 aromatic carbocycles. The minimum atomic E-state index is -3.44. The largest absolute Gasteiger partial charge is 0.489 e. The van der Waals surface area contributed by atoms with Crippen molar-refractivity contribution >= 4 is 15.5 Å². The van der Waals surface area contributed by atoms with Gasteiger partial charge in [-0.25, -0.2) is 8.42 Å². The lowest BCUT2D eigenvalue weighted by Gasteiger charge is -2.50. The molecule has 0 spiro atoms. The maximum absolute atomic E-state index is 14.1. The fourth-order valence-corrected chi connectivity index (χ4v) is 10.6. The number of piperazine rings is 3. The number of unbranched alkanes of at least 4 members (excludes halogenated alkanes) is 2. The minimum absolute atomic E-state index is 0.00625. The minimum Gasteiger partial charge on any atom is -0.489 e. The van der Waals surface area contributed by atoms with Crippen molar-refractivity contribution in [2.75, 3.05) is 64.0 Å². The van der Waals surface area contributed by atoms with E-state index in [9.17, 15) is 8.42 Å². The van der Waals surface area contributed by atoms with Gasteiger partial charge in [0.15, 0.2) is 9.84 Å². The van der Waals surface area contributed by atoms with Crippen molar-refractivity contribution in [2.45, 2.75) is 82.8 Å². The van der Waals surface area contributed by atoms with Gasteiger partial charge in [0, 0.05) is 50.9 Å². The van der Waals surface area contributed by atoms with Crippen LogP contribution in [-0.2, 0) is 23.0 Å². The van der Waals surface area contributed by atoms with Crippen LogP contribution in [0.4, 0.5) is 5.69 Å². The molecule has 7 rings (SSSR count). The number of nitrogens with zero attached hydrogens (tertiary/aromatic N) is 3. The molecule has 0 aliphatic carbocycles. The fraction of sp³-hybridized carbons (Fsp3) is 0.550. The van der Waals surface area contributed by atoms with Gasteiger partial charge in [0.1, 0.15) is 18.9 Å². The summed E-state index contributed by atoms with van der Waals surface area (Å²) < 4.78 is 35.7. The van der Waals surface area contributed by atoms with Crippen LogP contribution in [0.25, 0.3) is 0 Å². The number of benzene rings is 3. The van der Waals surface area contributed by atoms with Crippen molar-refractivity contribution in [3.63, 3.8) is 0 Å². The Kier molecular flexibility index (Phi) is 10.4. The van der Waals surface area contributed by atoms with Crippen LogP contribution in [0, 0.1) is 5.41 Å². The molecule has 3 saturated heterocycles. The molecule has 254 valence electrons. The van der Waals surface area contributed by atoms with Gasteiger partial charge in [-0.2, -0.15) is 0 Å². The molecule has 0 radical (unpaired) electrons. The molecule has 0 N–H and O–H groups in total. The van der Waals surface area contributed by atoms with Crippen LogP contribution < -0.4 is 9.64 Å². The third-order valence-electron chi connectivity index (χ3n) is 11.4. The highest BCUT2D eigenvalue weighted by molar-refractivity contribution is 7.91. The van der Waals surface area contributed by atoms with Gasteiger partial charge >= 0.3 is 0 Å². The van der Waals surface area contributed by atoms with Gasteiger partial charge in [-0.1, -0.05) is 75.9 Å². The highest BCUT2D eigenvalue weighted by atomic mass is 32.2. The first kappa shape index (κ1) is 34.0. The predicted molar refractivity (Wildman–Crippen MR) is 193 cm³/mol. The molecular weight excluding hydrogens is 603 g/mol. The van der Waals surface area contributed by atoms with Crippen molar-refractivity contribution in [2.24, 2.45) is 5.41 Å². The van der Waals surface area contributed by atoms with E-state index < -0.39 is 9.84 Å². The van der Waals surface area contributed by atoms with E-state index in [1.165, 1.54) is 60.4 Å². The molecule has 0 unspecified atom stereocenters. The Morgan fingerprint density at radius 2 is 1.47 bits per heavy atom. The van der Waals surface area contributed by atoms with E-state index in [0.29, 0.717) is 11.5 Å². The van der Waals surface area contributed by atoms with Gasteiger partial charge in [-0.3, -0.25) is 4.90 Å². The Morgan fingerprint density at radius 1 is 0.851 bits per heavy atom. The van der Waals surface area contributed by atoms with Gasteiger partial charge in [0.2, 0.25) is 0 Å². The second-order valence-corrected chi connectivity index (χ2v) is 17.0. The number of ether oxygens (including phenoxy) is 1. The van der Waals surface area contributed by atoms with Crippen molar-refractivity contribution in [1.29, 1.82) is 0 Å². The average Bonchev–Trinajstić information content (AvgIpc) is 3.18. The molecule has 3 aromatic rings. The maximum atomic E-state index is 14.1. The molecule has 4 aliphatic heterocycles. The molecule has 6 nitrogen and oxygen atoms in total. The smallest absolute Gasteiger partial charge is 0.179 e. The zero-order valence-corrected chi connectivity index (χ0v) is 30.0. The van der Waals surface area contributed by atoms with Crippen LogP contribution >= 0.6 is 0 Å². The van der Waals surface area contributed by atoms with E-state index in [0.717, 1.165) is 68.5 Å². The van der Waals surface area contributed by atoms with Gasteiger partial charge in [-0.05, 0) is 71.7 Å². The summed E-state index contributed by atoms with van der Waals surface area (Å²) in [5.41, 5.74) is 5.51. The van der Waals surface area contributed by atoms with E-state index >= 15 is 0 Å². The molecular formula is C40H56N3O3S+. The molecule has 0 aromatic heterocycles. The van der Waals surface area contributed by atoms with Gasteiger partial charge in [-0.15, -0.1) is 0 Å². The maximum Gasteiger partial charge on any atom is 0.179 e. The van der Waals surface area contributed by atoms with Gasteiger partial charge in [0.25, 0.3) is 0 Å². The summed E-state index contributed by atoms with van der Waals surface area (Å²) in [7, 11) is 0.601. The first-order valence-electron chi connectivity index (χ1n) is 18.1. The van der Waals surface area contributed by atoms with E-state index in [1.807, 2.05) is 26.2 Å². The summed E-state index contributed by atoms with van der Waals surface area (Å²) in [5, 5.41) is 0. The molecule has 4 heterocycles.